The largest absolute Gasteiger partial charge is 0.480 e. The minimum absolute atomic E-state index is 0.0274. The molecule has 144 valence electrons. The minimum Gasteiger partial charge on any atom is -0.480 e. The zero-order valence-electron chi connectivity index (χ0n) is 13.2. The van der Waals surface area contributed by atoms with Gasteiger partial charge in [0.2, 0.25) is 0 Å². The van der Waals surface area contributed by atoms with Crippen LogP contribution in [0.25, 0.3) is 0 Å². The lowest BCUT2D eigenvalue weighted by atomic mass is 9.78. The fourth-order valence-corrected chi connectivity index (χ4v) is 4.49. The molecule has 4 atom stereocenters. The van der Waals surface area contributed by atoms with Gasteiger partial charge in [-0.15, -0.1) is 0 Å². The molecule has 2 unspecified atom stereocenters. The molecule has 25 heavy (non-hydrogen) atoms. The third kappa shape index (κ3) is 3.94. The van der Waals surface area contributed by atoms with Gasteiger partial charge >= 0.3 is 13.1 Å². The first-order chi connectivity index (χ1) is 11.3. The lowest BCUT2D eigenvalue weighted by Gasteiger charge is -2.25. The summed E-state index contributed by atoms with van der Waals surface area (Å²) in [6.45, 7) is -0.870. The molecule has 0 aromatic heterocycles. The van der Waals surface area contributed by atoms with Crippen LogP contribution in [0.4, 0.5) is 8.78 Å². The number of aliphatic carboxylic acids is 1. The second-order valence-corrected chi connectivity index (χ2v) is 8.25. The van der Waals surface area contributed by atoms with Gasteiger partial charge in [-0.05, 0) is 12.7 Å². The first-order valence-corrected chi connectivity index (χ1v) is 9.05. The minimum atomic E-state index is -4.40. The van der Waals surface area contributed by atoms with E-state index in [0.717, 1.165) is 0 Å². The first-order valence-electron chi connectivity index (χ1n) is 7.61. The summed E-state index contributed by atoms with van der Waals surface area (Å²) in [4.78, 5) is 11.5. The van der Waals surface area contributed by atoms with Gasteiger partial charge in [0.1, 0.15) is 11.6 Å². The van der Waals surface area contributed by atoms with Crippen LogP contribution in [0.5, 0.6) is 0 Å². The Morgan fingerprint density at radius 3 is 2.40 bits per heavy atom. The van der Waals surface area contributed by atoms with E-state index in [1.165, 1.54) is 0 Å². The molecule has 0 radical (unpaired) electrons. The second kappa shape index (κ2) is 6.68. The number of rotatable bonds is 8. The summed E-state index contributed by atoms with van der Waals surface area (Å²) >= 11 is 0. The molecule has 1 saturated carbocycles. The number of nitrogens with one attached hydrogen (secondary N) is 1. The molecule has 0 aromatic rings. The van der Waals surface area contributed by atoms with Crippen molar-refractivity contribution < 1.29 is 37.1 Å². The van der Waals surface area contributed by atoms with E-state index in [0.29, 0.717) is 4.31 Å². The fraction of sp³-hybridized carbons (Fsp3) is 0.909. The van der Waals surface area contributed by atoms with Crippen molar-refractivity contribution in [3.63, 3.8) is 0 Å². The molecule has 0 spiro atoms. The van der Waals surface area contributed by atoms with Crippen molar-refractivity contribution >= 4 is 23.3 Å². The number of nitrogens with zero attached hydrogens (tertiary/aromatic N) is 1. The average Bonchev–Trinajstić information content (AvgIpc) is 2.82. The van der Waals surface area contributed by atoms with Crippen LogP contribution in [-0.2, 0) is 15.0 Å². The van der Waals surface area contributed by atoms with E-state index in [1.54, 1.807) is 4.72 Å². The summed E-state index contributed by atoms with van der Waals surface area (Å²) in [5.41, 5.74) is 9.06. The van der Waals surface area contributed by atoms with Crippen LogP contribution >= 0.6 is 0 Å². The van der Waals surface area contributed by atoms with E-state index in [2.05, 4.69) is 0 Å². The van der Waals surface area contributed by atoms with Crippen LogP contribution in [0.15, 0.2) is 0 Å². The molecule has 14 heteroatoms. The third-order valence-corrected chi connectivity index (χ3v) is 6.24. The molecule has 10 nitrogen and oxygen atoms in total. The lowest BCUT2D eigenvalue weighted by molar-refractivity contribution is -0.144. The van der Waals surface area contributed by atoms with E-state index in [-0.39, 0.29) is 25.7 Å². The number of alkyl halides is 2. The quantitative estimate of drug-likeness (QED) is 0.241. The molecule has 2 fully saturated rings. The first kappa shape index (κ1) is 20.4. The fourth-order valence-electron chi connectivity index (χ4n) is 2.95. The predicted molar refractivity (Wildman–Crippen MR) is 82.6 cm³/mol. The van der Waals surface area contributed by atoms with Crippen LogP contribution < -0.4 is 16.2 Å². The van der Waals surface area contributed by atoms with E-state index in [4.69, 9.17) is 21.5 Å². The lowest BCUT2D eigenvalue weighted by Crippen LogP contribution is -2.55. The van der Waals surface area contributed by atoms with Crippen molar-refractivity contribution in [2.45, 2.75) is 42.7 Å². The van der Waals surface area contributed by atoms with Gasteiger partial charge < -0.3 is 26.6 Å². The summed E-state index contributed by atoms with van der Waals surface area (Å²) in [5, 5.41) is 27.0. The van der Waals surface area contributed by atoms with Crippen molar-refractivity contribution in [1.82, 2.24) is 9.03 Å². The van der Waals surface area contributed by atoms with Gasteiger partial charge in [-0.1, -0.05) is 6.42 Å². The summed E-state index contributed by atoms with van der Waals surface area (Å²) in [6, 6.07) is -3.37. The number of carboxylic acids is 1. The highest BCUT2D eigenvalue weighted by molar-refractivity contribution is 7.87. The summed E-state index contributed by atoms with van der Waals surface area (Å²) in [6.07, 6.45) is 0.313. The van der Waals surface area contributed by atoms with Gasteiger partial charge in [-0.3, -0.25) is 4.79 Å². The van der Waals surface area contributed by atoms with Gasteiger partial charge in [-0.2, -0.15) is 17.4 Å². The molecule has 1 aliphatic heterocycles. The normalized spacial score (nSPS) is 34.9. The second-order valence-electron chi connectivity index (χ2n) is 6.55. The highest BCUT2D eigenvalue weighted by atomic mass is 32.2. The Morgan fingerprint density at radius 2 is 1.96 bits per heavy atom. The van der Waals surface area contributed by atoms with E-state index in [9.17, 15) is 27.1 Å². The Hall–Kier alpha value is -0.895. The van der Waals surface area contributed by atoms with Crippen LogP contribution in [-0.4, -0.2) is 77.6 Å². The SMILES string of the molecule is NC1C(NS(=O)(=O)N2C[C@H](CCCB(O)O)[C@](N)(C(=O)O)C2)C1(F)F. The number of hydrogen-bond acceptors (Lipinski definition) is 7. The van der Waals surface area contributed by atoms with Crippen molar-refractivity contribution in [2.24, 2.45) is 17.4 Å². The Kier molecular flexibility index (Phi) is 5.46. The number of carbonyl (C=O) groups is 1. The molecule has 1 saturated heterocycles. The summed E-state index contributed by atoms with van der Waals surface area (Å²) in [7, 11) is -5.97. The summed E-state index contributed by atoms with van der Waals surface area (Å²) in [5.74, 6) is -5.59. The average molecular weight is 386 g/mol. The van der Waals surface area contributed by atoms with Gasteiger partial charge in [0.15, 0.2) is 0 Å². The number of carboxylic acid groups (broad SMARTS) is 1. The van der Waals surface area contributed by atoms with Crippen molar-refractivity contribution in [3.8, 4) is 0 Å². The highest BCUT2D eigenvalue weighted by Crippen LogP contribution is 2.41. The molecule has 2 rings (SSSR count). The van der Waals surface area contributed by atoms with Gasteiger partial charge in [-0.25, -0.2) is 8.78 Å². The van der Waals surface area contributed by atoms with Gasteiger partial charge in [0, 0.05) is 19.0 Å². The molecular weight excluding hydrogens is 365 g/mol. The Balaban J connectivity index is 2.08. The van der Waals surface area contributed by atoms with Gasteiger partial charge in [0.25, 0.3) is 16.1 Å². The number of halogens is 2. The smallest absolute Gasteiger partial charge is 0.451 e. The monoisotopic (exact) mass is 386 g/mol. The van der Waals surface area contributed by atoms with E-state index >= 15 is 0 Å². The van der Waals surface area contributed by atoms with Crippen LogP contribution in [0.3, 0.4) is 0 Å². The van der Waals surface area contributed by atoms with Crippen molar-refractivity contribution in [1.29, 1.82) is 0 Å². The number of hydrogen-bond donors (Lipinski definition) is 6. The standard InChI is InChI=1S/C11H21BF2N4O6S/c13-11(14)7(15)8(11)17-25(23,24)18-4-6(2-1-3-12(21)22)10(16,5-18)9(19)20/h6-8,17,21-22H,1-5,15-16H2,(H,19,20)/t6-,7?,8?,10-/m0/s1. The summed E-state index contributed by atoms with van der Waals surface area (Å²) < 4.78 is 53.3. The maximum absolute atomic E-state index is 13.2. The Bertz CT molecular complexity index is 638. The van der Waals surface area contributed by atoms with E-state index in [1.807, 2.05) is 0 Å². The highest BCUT2D eigenvalue weighted by Gasteiger charge is 2.68. The van der Waals surface area contributed by atoms with Crippen molar-refractivity contribution in [2.75, 3.05) is 13.1 Å². The maximum Gasteiger partial charge on any atom is 0.451 e. The molecule has 0 bridgehead atoms. The number of nitrogens with two attached hydrogens (primary N) is 2. The van der Waals surface area contributed by atoms with Crippen LogP contribution in [0.2, 0.25) is 6.32 Å². The molecule has 2 aliphatic rings. The zero-order chi connectivity index (χ0) is 19.2. The third-order valence-electron chi connectivity index (χ3n) is 4.73. The Morgan fingerprint density at radius 1 is 1.40 bits per heavy atom. The molecule has 1 aliphatic carbocycles. The Labute approximate surface area is 143 Å². The van der Waals surface area contributed by atoms with Crippen molar-refractivity contribution in [3.05, 3.63) is 0 Å². The van der Waals surface area contributed by atoms with Crippen LogP contribution in [0, 0.1) is 5.92 Å². The topological polar surface area (TPSA) is 179 Å². The van der Waals surface area contributed by atoms with E-state index < -0.39 is 59.3 Å². The van der Waals surface area contributed by atoms with Crippen LogP contribution in [0.1, 0.15) is 12.8 Å². The molecule has 0 amide bonds. The molecule has 0 aromatic carbocycles. The zero-order valence-corrected chi connectivity index (χ0v) is 14.0. The predicted octanol–water partition coefficient (Wildman–Crippen LogP) is -2.87. The maximum atomic E-state index is 13.2. The molecular formula is C11H21BF2N4O6S. The molecule has 1 heterocycles. The van der Waals surface area contributed by atoms with Gasteiger partial charge in [0.05, 0.1) is 6.04 Å². The molecule has 8 N–H and O–H groups in total.